The highest BCUT2D eigenvalue weighted by Crippen LogP contribution is 2.31. The van der Waals surface area contributed by atoms with Crippen molar-refractivity contribution in [2.24, 2.45) is 11.8 Å². The predicted octanol–water partition coefficient (Wildman–Crippen LogP) is 2.22. The largest absolute Gasteiger partial charge is 0.481 e. The zero-order valence-corrected chi connectivity index (χ0v) is 11.3. The number of carboxylic acids is 1. The smallest absolute Gasteiger partial charge is 0.306 e. The zero-order valence-electron chi connectivity index (χ0n) is 9.77. The minimum atomic E-state index is -0.858. The van der Waals surface area contributed by atoms with Crippen LogP contribution in [0.2, 0.25) is 10.4 Å². The van der Waals surface area contributed by atoms with E-state index in [-0.39, 0.29) is 28.1 Å². The zero-order chi connectivity index (χ0) is 14.0. The van der Waals surface area contributed by atoms with E-state index >= 15 is 0 Å². The SMILES string of the molecule is O=C(O)C1CCC(C(=O)Nc2cc(Cl)nc(Cl)n2)C1. The number of nitrogens with one attached hydrogen (secondary N) is 1. The number of amides is 1. The molecule has 19 heavy (non-hydrogen) atoms. The molecule has 0 saturated heterocycles. The molecule has 1 fully saturated rings. The molecule has 2 unspecified atom stereocenters. The van der Waals surface area contributed by atoms with Gasteiger partial charge in [-0.2, -0.15) is 0 Å². The Morgan fingerprint density at radius 2 is 1.95 bits per heavy atom. The number of hydrogen-bond acceptors (Lipinski definition) is 4. The van der Waals surface area contributed by atoms with Gasteiger partial charge in [0.25, 0.3) is 0 Å². The standard InChI is InChI=1S/C11H11Cl2N3O3/c12-7-4-8(16-11(13)14-7)15-9(17)5-1-2-6(3-5)10(18)19/h4-6H,1-3H2,(H,18,19)(H,14,15,16,17). The average molecular weight is 304 g/mol. The van der Waals surface area contributed by atoms with Crippen LogP contribution in [0.15, 0.2) is 6.07 Å². The van der Waals surface area contributed by atoms with Crippen LogP contribution in [-0.2, 0) is 9.59 Å². The lowest BCUT2D eigenvalue weighted by Gasteiger charge is -2.10. The highest BCUT2D eigenvalue weighted by molar-refractivity contribution is 6.32. The molecule has 1 heterocycles. The molecule has 0 aliphatic heterocycles. The molecule has 6 nitrogen and oxygen atoms in total. The monoisotopic (exact) mass is 303 g/mol. The summed E-state index contributed by atoms with van der Waals surface area (Å²) >= 11 is 11.3. The molecule has 0 aromatic carbocycles. The molecule has 1 aliphatic rings. The van der Waals surface area contributed by atoms with Crippen molar-refractivity contribution in [2.45, 2.75) is 19.3 Å². The highest BCUT2D eigenvalue weighted by Gasteiger charge is 2.33. The van der Waals surface area contributed by atoms with Crippen LogP contribution in [0, 0.1) is 11.8 Å². The Hall–Kier alpha value is -1.40. The highest BCUT2D eigenvalue weighted by atomic mass is 35.5. The lowest BCUT2D eigenvalue weighted by atomic mass is 10.0. The van der Waals surface area contributed by atoms with E-state index in [4.69, 9.17) is 28.3 Å². The first-order valence-corrected chi connectivity index (χ1v) is 6.45. The number of carboxylic acid groups (broad SMARTS) is 1. The Morgan fingerprint density at radius 1 is 1.26 bits per heavy atom. The number of carbonyl (C=O) groups excluding carboxylic acids is 1. The summed E-state index contributed by atoms with van der Waals surface area (Å²) in [6, 6.07) is 1.38. The van der Waals surface area contributed by atoms with Crippen LogP contribution >= 0.6 is 23.2 Å². The van der Waals surface area contributed by atoms with E-state index in [1.807, 2.05) is 0 Å². The van der Waals surface area contributed by atoms with Gasteiger partial charge in [0, 0.05) is 12.0 Å². The van der Waals surface area contributed by atoms with E-state index in [0.29, 0.717) is 19.3 Å². The Balaban J connectivity index is 2.00. The number of nitrogens with zero attached hydrogens (tertiary/aromatic N) is 2. The molecule has 8 heteroatoms. The van der Waals surface area contributed by atoms with Crippen LogP contribution in [0.1, 0.15) is 19.3 Å². The Labute approximate surface area is 119 Å². The molecule has 2 atom stereocenters. The van der Waals surface area contributed by atoms with Crippen molar-refractivity contribution in [1.29, 1.82) is 0 Å². The van der Waals surface area contributed by atoms with Gasteiger partial charge in [-0.05, 0) is 30.9 Å². The van der Waals surface area contributed by atoms with Crippen molar-refractivity contribution in [3.05, 3.63) is 16.5 Å². The lowest BCUT2D eigenvalue weighted by Crippen LogP contribution is -2.22. The Kier molecular flexibility index (Phi) is 4.21. The third kappa shape index (κ3) is 3.54. The number of halogens is 2. The molecule has 1 aliphatic carbocycles. The third-order valence-corrected chi connectivity index (χ3v) is 3.43. The summed E-state index contributed by atoms with van der Waals surface area (Å²) in [5.74, 6) is -1.69. The van der Waals surface area contributed by atoms with E-state index < -0.39 is 11.9 Å². The molecule has 102 valence electrons. The number of aliphatic carboxylic acids is 1. The second kappa shape index (κ2) is 5.71. The van der Waals surface area contributed by atoms with Crippen molar-refractivity contribution in [1.82, 2.24) is 9.97 Å². The maximum absolute atomic E-state index is 12.0. The second-order valence-corrected chi connectivity index (χ2v) is 5.10. The van der Waals surface area contributed by atoms with Gasteiger partial charge in [-0.25, -0.2) is 9.97 Å². The first-order chi connectivity index (χ1) is 8.95. The van der Waals surface area contributed by atoms with Gasteiger partial charge in [-0.15, -0.1) is 0 Å². The predicted molar refractivity (Wildman–Crippen MR) is 69.1 cm³/mol. The van der Waals surface area contributed by atoms with Gasteiger partial charge in [0.1, 0.15) is 11.0 Å². The molecule has 1 aromatic rings. The molecule has 0 bridgehead atoms. The first kappa shape index (κ1) is 14.0. The average Bonchev–Trinajstić information content (AvgIpc) is 2.76. The van der Waals surface area contributed by atoms with E-state index in [1.165, 1.54) is 6.07 Å². The molecule has 0 spiro atoms. The van der Waals surface area contributed by atoms with Crippen LogP contribution in [0.25, 0.3) is 0 Å². The summed E-state index contributed by atoms with van der Waals surface area (Å²) in [5, 5.41) is 11.5. The summed E-state index contributed by atoms with van der Waals surface area (Å²) < 4.78 is 0. The van der Waals surface area contributed by atoms with Gasteiger partial charge < -0.3 is 10.4 Å². The normalized spacial score (nSPS) is 22.2. The summed E-state index contributed by atoms with van der Waals surface area (Å²) in [6.45, 7) is 0. The maximum atomic E-state index is 12.0. The summed E-state index contributed by atoms with van der Waals surface area (Å²) in [7, 11) is 0. The van der Waals surface area contributed by atoms with Crippen LogP contribution in [-0.4, -0.2) is 27.0 Å². The van der Waals surface area contributed by atoms with E-state index in [9.17, 15) is 9.59 Å². The number of carbonyl (C=O) groups is 2. The van der Waals surface area contributed by atoms with Gasteiger partial charge in [0.2, 0.25) is 11.2 Å². The van der Waals surface area contributed by atoms with E-state index in [0.717, 1.165) is 0 Å². The van der Waals surface area contributed by atoms with Crippen molar-refractivity contribution in [2.75, 3.05) is 5.32 Å². The number of hydrogen-bond donors (Lipinski definition) is 2. The Morgan fingerprint density at radius 3 is 2.53 bits per heavy atom. The lowest BCUT2D eigenvalue weighted by molar-refractivity contribution is -0.141. The topological polar surface area (TPSA) is 92.2 Å². The minimum Gasteiger partial charge on any atom is -0.481 e. The first-order valence-electron chi connectivity index (χ1n) is 5.69. The molecular weight excluding hydrogens is 293 g/mol. The van der Waals surface area contributed by atoms with Crippen LogP contribution in [0.4, 0.5) is 5.82 Å². The number of aromatic nitrogens is 2. The van der Waals surface area contributed by atoms with Gasteiger partial charge in [0.05, 0.1) is 5.92 Å². The summed E-state index contributed by atoms with van der Waals surface area (Å²) in [4.78, 5) is 30.3. The Bertz CT molecular complexity index is 504. The fraction of sp³-hybridized carbons (Fsp3) is 0.455. The summed E-state index contributed by atoms with van der Waals surface area (Å²) in [6.07, 6.45) is 1.40. The number of rotatable bonds is 3. The third-order valence-electron chi connectivity index (χ3n) is 3.07. The van der Waals surface area contributed by atoms with Crippen LogP contribution < -0.4 is 5.32 Å². The van der Waals surface area contributed by atoms with E-state index in [2.05, 4.69) is 15.3 Å². The van der Waals surface area contributed by atoms with Crippen molar-refractivity contribution in [3.8, 4) is 0 Å². The molecule has 1 aromatic heterocycles. The molecule has 0 radical (unpaired) electrons. The van der Waals surface area contributed by atoms with E-state index in [1.54, 1.807) is 0 Å². The van der Waals surface area contributed by atoms with Gasteiger partial charge >= 0.3 is 5.97 Å². The van der Waals surface area contributed by atoms with Crippen molar-refractivity contribution >= 4 is 40.9 Å². The minimum absolute atomic E-state index is 0.0577. The maximum Gasteiger partial charge on any atom is 0.306 e. The fourth-order valence-corrected chi connectivity index (χ4v) is 2.53. The molecule has 1 saturated carbocycles. The molecular formula is C11H11Cl2N3O3. The fourth-order valence-electron chi connectivity index (χ4n) is 2.13. The van der Waals surface area contributed by atoms with Gasteiger partial charge in [-0.1, -0.05) is 11.6 Å². The van der Waals surface area contributed by atoms with Crippen LogP contribution in [0.5, 0.6) is 0 Å². The molecule has 2 N–H and O–H groups in total. The quantitative estimate of drug-likeness (QED) is 0.660. The molecule has 2 rings (SSSR count). The summed E-state index contributed by atoms with van der Waals surface area (Å²) in [5.41, 5.74) is 0. The van der Waals surface area contributed by atoms with Crippen molar-refractivity contribution in [3.63, 3.8) is 0 Å². The molecule has 1 amide bonds. The van der Waals surface area contributed by atoms with Crippen LogP contribution in [0.3, 0.4) is 0 Å². The second-order valence-electron chi connectivity index (χ2n) is 4.38. The number of anilines is 1. The van der Waals surface area contributed by atoms with Crippen molar-refractivity contribution < 1.29 is 14.7 Å². The van der Waals surface area contributed by atoms with Gasteiger partial charge in [0.15, 0.2) is 0 Å². The van der Waals surface area contributed by atoms with Gasteiger partial charge in [-0.3, -0.25) is 9.59 Å².